The zero-order valence-corrected chi connectivity index (χ0v) is 13.5. The molecule has 124 valence electrons. The van der Waals surface area contributed by atoms with Crippen LogP contribution in [0.3, 0.4) is 0 Å². The Kier molecular flexibility index (Phi) is 4.19. The molecule has 5 heteroatoms. The minimum Gasteiger partial charge on any atom is -0.481 e. The van der Waals surface area contributed by atoms with Gasteiger partial charge in [-0.1, -0.05) is 12.8 Å². The summed E-state index contributed by atoms with van der Waals surface area (Å²) in [7, 11) is 1.69. The molecule has 22 heavy (non-hydrogen) atoms. The molecule has 2 saturated carbocycles. The third kappa shape index (κ3) is 2.64. The standard InChI is InChI=1S/C17H27NO4/c1-22-11-8-16(4-2-3-5-16)15(21)18-9-6-17(7-10-18)12-13(17)14(19)20/h13H,2-12H2,1H3,(H,19,20). The highest BCUT2D eigenvalue weighted by Crippen LogP contribution is 2.59. The number of aliphatic carboxylic acids is 1. The molecule has 1 heterocycles. The summed E-state index contributed by atoms with van der Waals surface area (Å²) in [5, 5.41) is 9.16. The van der Waals surface area contributed by atoms with Crippen molar-refractivity contribution in [2.75, 3.05) is 26.8 Å². The predicted octanol–water partition coefficient (Wildman–Crippen LogP) is 2.30. The Hall–Kier alpha value is -1.10. The van der Waals surface area contributed by atoms with Crippen molar-refractivity contribution in [3.05, 3.63) is 0 Å². The summed E-state index contributed by atoms with van der Waals surface area (Å²) in [6.45, 7) is 2.11. The van der Waals surface area contributed by atoms with Crippen molar-refractivity contribution in [3.63, 3.8) is 0 Å². The highest BCUT2D eigenvalue weighted by Gasteiger charge is 2.59. The molecule has 0 bridgehead atoms. The normalized spacial score (nSPS) is 28.8. The van der Waals surface area contributed by atoms with Gasteiger partial charge in [-0.2, -0.15) is 0 Å². The van der Waals surface area contributed by atoms with Crippen molar-refractivity contribution in [2.45, 2.75) is 51.4 Å². The maximum atomic E-state index is 13.0. The number of ether oxygens (including phenoxy) is 1. The van der Waals surface area contributed by atoms with Gasteiger partial charge >= 0.3 is 5.97 Å². The Morgan fingerprint density at radius 2 is 1.82 bits per heavy atom. The lowest BCUT2D eigenvalue weighted by Crippen LogP contribution is -2.47. The molecule has 3 fully saturated rings. The van der Waals surface area contributed by atoms with Crippen LogP contribution in [0.5, 0.6) is 0 Å². The monoisotopic (exact) mass is 309 g/mol. The molecule has 0 aromatic heterocycles. The number of amides is 1. The molecule has 3 aliphatic rings. The number of piperidine rings is 1. The van der Waals surface area contributed by atoms with E-state index in [1.54, 1.807) is 7.11 Å². The second kappa shape index (κ2) is 5.84. The number of carboxylic acid groups (broad SMARTS) is 1. The van der Waals surface area contributed by atoms with E-state index in [0.29, 0.717) is 12.5 Å². The Balaban J connectivity index is 1.60. The van der Waals surface area contributed by atoms with Gasteiger partial charge in [-0.05, 0) is 43.9 Å². The summed E-state index contributed by atoms with van der Waals surface area (Å²) >= 11 is 0. The van der Waals surface area contributed by atoms with Gasteiger partial charge in [0.25, 0.3) is 0 Å². The molecule has 5 nitrogen and oxygen atoms in total. The van der Waals surface area contributed by atoms with Gasteiger partial charge in [-0.3, -0.25) is 9.59 Å². The molecule has 1 spiro atoms. The second-order valence-electron chi connectivity index (χ2n) is 7.48. The Labute approximate surface area is 132 Å². The van der Waals surface area contributed by atoms with Crippen LogP contribution in [0.1, 0.15) is 51.4 Å². The van der Waals surface area contributed by atoms with E-state index < -0.39 is 5.97 Å². The third-order valence-corrected chi connectivity index (χ3v) is 6.33. The van der Waals surface area contributed by atoms with E-state index in [1.165, 1.54) is 0 Å². The number of carboxylic acids is 1. The van der Waals surface area contributed by atoms with Crippen molar-refractivity contribution >= 4 is 11.9 Å². The van der Waals surface area contributed by atoms with Crippen LogP contribution in [0.2, 0.25) is 0 Å². The molecule has 1 unspecified atom stereocenters. The van der Waals surface area contributed by atoms with Gasteiger partial charge in [0.1, 0.15) is 0 Å². The number of likely N-dealkylation sites (tertiary alicyclic amines) is 1. The van der Waals surface area contributed by atoms with E-state index in [-0.39, 0.29) is 16.7 Å². The summed E-state index contributed by atoms with van der Waals surface area (Å²) in [6, 6.07) is 0. The second-order valence-corrected chi connectivity index (χ2v) is 7.48. The van der Waals surface area contributed by atoms with Crippen molar-refractivity contribution in [2.24, 2.45) is 16.7 Å². The molecular formula is C17H27NO4. The zero-order chi connectivity index (χ0) is 15.8. The molecular weight excluding hydrogens is 282 g/mol. The lowest BCUT2D eigenvalue weighted by atomic mass is 9.80. The van der Waals surface area contributed by atoms with Crippen LogP contribution in [0, 0.1) is 16.7 Å². The quantitative estimate of drug-likeness (QED) is 0.846. The fourth-order valence-corrected chi connectivity index (χ4v) is 4.66. The largest absolute Gasteiger partial charge is 0.481 e. The molecule has 0 aromatic carbocycles. The smallest absolute Gasteiger partial charge is 0.307 e. The average Bonchev–Trinajstić information content (AvgIpc) is 3.01. The zero-order valence-electron chi connectivity index (χ0n) is 13.5. The first kappa shape index (κ1) is 15.8. The van der Waals surface area contributed by atoms with Crippen molar-refractivity contribution in [1.29, 1.82) is 0 Å². The fraction of sp³-hybridized carbons (Fsp3) is 0.882. The van der Waals surface area contributed by atoms with Crippen molar-refractivity contribution in [1.82, 2.24) is 4.90 Å². The van der Waals surface area contributed by atoms with E-state index in [1.807, 2.05) is 4.90 Å². The van der Waals surface area contributed by atoms with E-state index in [9.17, 15) is 9.59 Å². The van der Waals surface area contributed by atoms with Gasteiger partial charge in [-0.15, -0.1) is 0 Å². The van der Waals surface area contributed by atoms with Gasteiger partial charge in [0.15, 0.2) is 0 Å². The first-order valence-electron chi connectivity index (χ1n) is 8.54. The maximum Gasteiger partial charge on any atom is 0.307 e. The fourth-order valence-electron chi connectivity index (χ4n) is 4.66. The van der Waals surface area contributed by atoms with E-state index in [2.05, 4.69) is 0 Å². The number of hydrogen-bond donors (Lipinski definition) is 1. The summed E-state index contributed by atoms with van der Waals surface area (Å²) in [6.07, 6.45) is 7.57. The molecule has 3 rings (SSSR count). The molecule has 1 saturated heterocycles. The van der Waals surface area contributed by atoms with Gasteiger partial charge in [0.2, 0.25) is 5.91 Å². The minimum atomic E-state index is -0.660. The Morgan fingerprint density at radius 3 is 2.32 bits per heavy atom. The summed E-state index contributed by atoms with van der Waals surface area (Å²) < 4.78 is 5.21. The van der Waals surface area contributed by atoms with Crippen LogP contribution in [-0.2, 0) is 14.3 Å². The third-order valence-electron chi connectivity index (χ3n) is 6.33. The number of carbonyl (C=O) groups excluding carboxylic acids is 1. The van der Waals surface area contributed by atoms with Crippen LogP contribution in [0.15, 0.2) is 0 Å². The highest BCUT2D eigenvalue weighted by molar-refractivity contribution is 5.83. The molecule has 1 aliphatic heterocycles. The number of carbonyl (C=O) groups is 2. The highest BCUT2D eigenvalue weighted by atomic mass is 16.5. The SMILES string of the molecule is COCCC1(C(=O)N2CCC3(CC2)CC3C(=O)O)CCCC1. The maximum absolute atomic E-state index is 13.0. The number of methoxy groups -OCH3 is 1. The van der Waals surface area contributed by atoms with Crippen LogP contribution in [-0.4, -0.2) is 48.7 Å². The van der Waals surface area contributed by atoms with Gasteiger partial charge in [0, 0.05) is 26.8 Å². The Bertz CT molecular complexity index is 448. The first-order valence-corrected chi connectivity index (χ1v) is 8.54. The van der Waals surface area contributed by atoms with E-state index in [0.717, 1.165) is 64.5 Å². The molecule has 1 atom stereocenters. The number of rotatable bonds is 5. The summed E-state index contributed by atoms with van der Waals surface area (Å²) in [5.74, 6) is -0.532. The number of nitrogens with zero attached hydrogens (tertiary/aromatic N) is 1. The molecule has 1 N–H and O–H groups in total. The predicted molar refractivity (Wildman–Crippen MR) is 81.4 cm³/mol. The van der Waals surface area contributed by atoms with Crippen LogP contribution < -0.4 is 0 Å². The van der Waals surface area contributed by atoms with Gasteiger partial charge < -0.3 is 14.7 Å². The molecule has 0 aromatic rings. The topological polar surface area (TPSA) is 66.8 Å². The summed E-state index contributed by atoms with van der Waals surface area (Å²) in [5.41, 5.74) is -0.214. The van der Waals surface area contributed by atoms with E-state index in [4.69, 9.17) is 9.84 Å². The van der Waals surface area contributed by atoms with Crippen LogP contribution >= 0.6 is 0 Å². The van der Waals surface area contributed by atoms with Gasteiger partial charge in [-0.25, -0.2) is 0 Å². The van der Waals surface area contributed by atoms with E-state index >= 15 is 0 Å². The lowest BCUT2D eigenvalue weighted by molar-refractivity contribution is -0.145. The van der Waals surface area contributed by atoms with Crippen molar-refractivity contribution in [3.8, 4) is 0 Å². The molecule has 0 radical (unpaired) electrons. The minimum absolute atomic E-state index is 0.00200. The Morgan fingerprint density at radius 1 is 1.18 bits per heavy atom. The molecule has 1 amide bonds. The lowest BCUT2D eigenvalue weighted by Gasteiger charge is -2.39. The average molecular weight is 309 g/mol. The van der Waals surface area contributed by atoms with Crippen molar-refractivity contribution < 1.29 is 19.4 Å². The summed E-state index contributed by atoms with van der Waals surface area (Å²) in [4.78, 5) is 26.2. The van der Waals surface area contributed by atoms with Gasteiger partial charge in [0.05, 0.1) is 11.3 Å². The van der Waals surface area contributed by atoms with Crippen LogP contribution in [0.4, 0.5) is 0 Å². The van der Waals surface area contributed by atoms with Crippen LogP contribution in [0.25, 0.3) is 0 Å². The first-order chi connectivity index (χ1) is 10.5. The number of hydrogen-bond acceptors (Lipinski definition) is 3. The molecule has 2 aliphatic carbocycles.